The molecule has 0 saturated carbocycles. The first-order chi connectivity index (χ1) is 13.6. The number of halogens is 1. The lowest BCUT2D eigenvalue weighted by Crippen LogP contribution is -2.15. The summed E-state index contributed by atoms with van der Waals surface area (Å²) in [7, 11) is 2.82. The van der Waals surface area contributed by atoms with E-state index in [1.54, 1.807) is 0 Å². The van der Waals surface area contributed by atoms with Crippen molar-refractivity contribution >= 4 is 23.3 Å². The number of aromatic nitrogens is 2. The second-order valence-electron chi connectivity index (χ2n) is 6.33. The third-order valence-electron chi connectivity index (χ3n) is 4.71. The number of carbonyl (C=O) groups is 1. The molecule has 0 unspecified atom stereocenters. The van der Waals surface area contributed by atoms with Crippen LogP contribution in [0.4, 0.5) is 5.69 Å². The number of methoxy groups -OCH3 is 2. The number of benzene rings is 2. The van der Waals surface area contributed by atoms with Gasteiger partial charge in [0.05, 0.1) is 49.3 Å². The Kier molecular flexibility index (Phi) is 4.88. The van der Waals surface area contributed by atoms with Crippen LogP contribution in [0.1, 0.15) is 21.9 Å². The molecule has 0 radical (unpaired) electrons. The molecule has 1 aromatic heterocycles. The third kappa shape index (κ3) is 3.16. The zero-order valence-corrected chi connectivity index (χ0v) is 16.2. The van der Waals surface area contributed by atoms with Gasteiger partial charge in [0, 0.05) is 5.56 Å². The first kappa shape index (κ1) is 18.3. The molecular formula is C21H18ClN3O3. The maximum Gasteiger partial charge on any atom is 0.376 e. The lowest BCUT2D eigenvalue weighted by molar-refractivity contribution is 0.0585. The summed E-state index contributed by atoms with van der Waals surface area (Å²) in [5.74, 6) is -0.226. The van der Waals surface area contributed by atoms with Crippen LogP contribution in [-0.2, 0) is 17.8 Å². The molecule has 1 aliphatic heterocycles. The highest BCUT2D eigenvalue weighted by atomic mass is 35.5. The normalized spacial score (nSPS) is 12.6. The Morgan fingerprint density at radius 3 is 2.54 bits per heavy atom. The smallest absolute Gasteiger partial charge is 0.376 e. The number of nitrogens with zero attached hydrogens (tertiary/aromatic N) is 3. The number of hydrogen-bond acceptors (Lipinski definition) is 6. The topological polar surface area (TPSA) is 64.5 Å². The van der Waals surface area contributed by atoms with Crippen molar-refractivity contribution in [3.05, 3.63) is 70.6 Å². The summed E-state index contributed by atoms with van der Waals surface area (Å²) < 4.78 is 10.1. The van der Waals surface area contributed by atoms with Crippen molar-refractivity contribution in [2.24, 2.45) is 0 Å². The van der Waals surface area contributed by atoms with Crippen LogP contribution in [0.15, 0.2) is 48.5 Å². The van der Waals surface area contributed by atoms with Gasteiger partial charge in [-0.2, -0.15) is 4.98 Å². The molecule has 0 spiro atoms. The zero-order chi connectivity index (χ0) is 19.7. The number of anilines is 1. The number of esters is 1. The Labute approximate surface area is 167 Å². The molecule has 0 atom stereocenters. The Bertz CT molecular complexity index is 1040. The van der Waals surface area contributed by atoms with E-state index in [-0.39, 0.29) is 5.82 Å². The van der Waals surface area contributed by atoms with Crippen molar-refractivity contribution in [1.82, 2.24) is 9.97 Å². The zero-order valence-electron chi connectivity index (χ0n) is 15.5. The summed E-state index contributed by atoms with van der Waals surface area (Å²) in [5.41, 5.74) is 4.48. The number of fused-ring (bicyclic) bond motifs is 1. The molecule has 0 fully saturated rings. The standard InChI is InChI=1S/C21H18ClN3O3/c1-27-20-15-11-25(12-16(15)23-19(24-20)21(26)28-2)17-10-6-9-14(18(17)22)13-7-4-3-5-8-13/h3-10H,11-12H2,1-2H3. The molecule has 4 rings (SSSR count). The van der Waals surface area contributed by atoms with Crippen LogP contribution in [0.5, 0.6) is 5.88 Å². The van der Waals surface area contributed by atoms with E-state index < -0.39 is 5.97 Å². The molecule has 0 amide bonds. The molecule has 28 heavy (non-hydrogen) atoms. The van der Waals surface area contributed by atoms with E-state index in [9.17, 15) is 4.79 Å². The first-order valence-electron chi connectivity index (χ1n) is 8.73. The molecule has 6 nitrogen and oxygen atoms in total. The molecule has 3 aromatic rings. The highest BCUT2D eigenvalue weighted by Crippen LogP contribution is 2.40. The average molecular weight is 396 g/mol. The van der Waals surface area contributed by atoms with Gasteiger partial charge in [-0.1, -0.05) is 54.1 Å². The Morgan fingerprint density at radius 1 is 1.04 bits per heavy atom. The third-order valence-corrected chi connectivity index (χ3v) is 5.11. The second kappa shape index (κ2) is 7.48. The summed E-state index contributed by atoms with van der Waals surface area (Å²) in [6, 6.07) is 16.0. The molecule has 2 aromatic carbocycles. The predicted octanol–water partition coefficient (Wildman–Crippen LogP) is 4.11. The Balaban J connectivity index is 1.71. The molecule has 7 heteroatoms. The van der Waals surface area contributed by atoms with Crippen LogP contribution in [-0.4, -0.2) is 30.2 Å². The fourth-order valence-electron chi connectivity index (χ4n) is 3.35. The summed E-state index contributed by atoms with van der Waals surface area (Å²) in [4.78, 5) is 22.5. The number of rotatable bonds is 4. The van der Waals surface area contributed by atoms with E-state index >= 15 is 0 Å². The van der Waals surface area contributed by atoms with Gasteiger partial charge in [-0.05, 0) is 11.6 Å². The van der Waals surface area contributed by atoms with Crippen molar-refractivity contribution in [3.63, 3.8) is 0 Å². The van der Waals surface area contributed by atoms with E-state index in [2.05, 4.69) is 14.9 Å². The SMILES string of the molecule is COC(=O)c1nc2c(c(OC)n1)CN(c1cccc(-c3ccccc3)c1Cl)C2. The van der Waals surface area contributed by atoms with Crippen LogP contribution >= 0.6 is 11.6 Å². The van der Waals surface area contributed by atoms with E-state index in [4.69, 9.17) is 21.1 Å². The van der Waals surface area contributed by atoms with Crippen molar-refractivity contribution in [3.8, 4) is 17.0 Å². The lowest BCUT2D eigenvalue weighted by atomic mass is 10.0. The molecule has 1 aliphatic rings. The van der Waals surface area contributed by atoms with Gasteiger partial charge in [0.1, 0.15) is 0 Å². The molecule has 142 valence electrons. The highest BCUT2D eigenvalue weighted by Gasteiger charge is 2.29. The van der Waals surface area contributed by atoms with E-state index in [0.717, 1.165) is 28.1 Å². The van der Waals surface area contributed by atoms with Gasteiger partial charge in [-0.3, -0.25) is 0 Å². The summed E-state index contributed by atoms with van der Waals surface area (Å²) in [5, 5.41) is 0.668. The van der Waals surface area contributed by atoms with Crippen LogP contribution in [0.2, 0.25) is 5.02 Å². The van der Waals surface area contributed by atoms with Crippen LogP contribution in [0.25, 0.3) is 11.1 Å². The van der Waals surface area contributed by atoms with Gasteiger partial charge in [0.25, 0.3) is 0 Å². The van der Waals surface area contributed by atoms with Gasteiger partial charge in [0.2, 0.25) is 11.7 Å². The summed E-state index contributed by atoms with van der Waals surface area (Å²) in [6.07, 6.45) is 0. The van der Waals surface area contributed by atoms with E-state index in [1.165, 1.54) is 14.2 Å². The van der Waals surface area contributed by atoms with E-state index in [0.29, 0.717) is 24.0 Å². The van der Waals surface area contributed by atoms with Gasteiger partial charge in [-0.15, -0.1) is 0 Å². The molecule has 2 heterocycles. The number of carbonyl (C=O) groups excluding carboxylic acids is 1. The minimum Gasteiger partial charge on any atom is -0.481 e. The van der Waals surface area contributed by atoms with Crippen LogP contribution < -0.4 is 9.64 Å². The van der Waals surface area contributed by atoms with Gasteiger partial charge >= 0.3 is 5.97 Å². The Hall–Kier alpha value is -3.12. The van der Waals surface area contributed by atoms with Crippen molar-refractivity contribution in [1.29, 1.82) is 0 Å². The molecular weight excluding hydrogens is 378 g/mol. The average Bonchev–Trinajstić information content (AvgIpc) is 3.17. The Morgan fingerprint density at radius 2 is 1.82 bits per heavy atom. The van der Waals surface area contributed by atoms with Crippen molar-refractivity contribution in [2.75, 3.05) is 19.1 Å². The minimum atomic E-state index is -0.594. The maximum absolute atomic E-state index is 11.9. The van der Waals surface area contributed by atoms with Crippen LogP contribution in [0.3, 0.4) is 0 Å². The molecule has 0 N–H and O–H groups in total. The van der Waals surface area contributed by atoms with Crippen LogP contribution in [0, 0.1) is 0 Å². The second-order valence-corrected chi connectivity index (χ2v) is 6.71. The highest BCUT2D eigenvalue weighted by molar-refractivity contribution is 6.36. The number of hydrogen-bond donors (Lipinski definition) is 0. The molecule has 0 aliphatic carbocycles. The summed E-state index contributed by atoms with van der Waals surface area (Å²) >= 11 is 6.76. The van der Waals surface area contributed by atoms with Gasteiger partial charge in [0.15, 0.2) is 0 Å². The monoisotopic (exact) mass is 395 g/mol. The molecule has 0 bridgehead atoms. The predicted molar refractivity (Wildman–Crippen MR) is 107 cm³/mol. The van der Waals surface area contributed by atoms with Crippen molar-refractivity contribution < 1.29 is 14.3 Å². The largest absolute Gasteiger partial charge is 0.481 e. The van der Waals surface area contributed by atoms with E-state index in [1.807, 2.05) is 48.5 Å². The molecule has 0 saturated heterocycles. The lowest BCUT2D eigenvalue weighted by Gasteiger charge is -2.20. The van der Waals surface area contributed by atoms with Crippen molar-refractivity contribution in [2.45, 2.75) is 13.1 Å². The fourth-order valence-corrected chi connectivity index (χ4v) is 3.71. The minimum absolute atomic E-state index is 0.0101. The van der Waals surface area contributed by atoms with Gasteiger partial charge < -0.3 is 14.4 Å². The number of ether oxygens (including phenoxy) is 2. The first-order valence-corrected chi connectivity index (χ1v) is 9.11. The van der Waals surface area contributed by atoms with Gasteiger partial charge in [-0.25, -0.2) is 9.78 Å². The quantitative estimate of drug-likeness (QED) is 0.619. The fraction of sp³-hybridized carbons (Fsp3) is 0.190. The maximum atomic E-state index is 11.9. The summed E-state index contributed by atoms with van der Waals surface area (Å²) in [6.45, 7) is 1.04.